The van der Waals surface area contributed by atoms with Crippen LogP contribution in [0.25, 0.3) is 11.4 Å². The second-order valence-electron chi connectivity index (χ2n) is 8.60. The average molecular weight is 450 g/mol. The quantitative estimate of drug-likeness (QED) is 0.281. The van der Waals surface area contributed by atoms with E-state index < -0.39 is 0 Å². The maximum absolute atomic E-state index is 12.8. The van der Waals surface area contributed by atoms with E-state index in [1.807, 2.05) is 10.6 Å². The molecule has 0 saturated carbocycles. The van der Waals surface area contributed by atoms with Crippen LogP contribution in [0.15, 0.2) is 60.3 Å². The highest BCUT2D eigenvalue weighted by atomic mass is 32.2. The van der Waals surface area contributed by atoms with Crippen LogP contribution >= 0.6 is 11.8 Å². The van der Waals surface area contributed by atoms with Crippen LogP contribution in [0.1, 0.15) is 36.7 Å². The molecular formula is C25H27N3O3S. The van der Waals surface area contributed by atoms with Crippen LogP contribution < -0.4 is 9.47 Å². The minimum Gasteiger partial charge on any atom is -0.486 e. The molecule has 0 N–H and O–H groups in total. The minimum atomic E-state index is -0.00351. The molecule has 4 rings (SSSR count). The molecule has 0 aliphatic carbocycles. The Morgan fingerprint density at radius 3 is 2.50 bits per heavy atom. The zero-order valence-corrected chi connectivity index (χ0v) is 19.4. The Morgan fingerprint density at radius 1 is 1.09 bits per heavy atom. The fraction of sp³-hybridized carbons (Fsp3) is 0.320. The molecule has 2 aromatic carbocycles. The highest BCUT2D eigenvalue weighted by molar-refractivity contribution is 7.99. The van der Waals surface area contributed by atoms with Crippen LogP contribution in [0.5, 0.6) is 11.5 Å². The number of allylic oxidation sites excluding steroid dienone is 1. The fourth-order valence-electron chi connectivity index (χ4n) is 3.45. The first kappa shape index (κ1) is 22.1. The van der Waals surface area contributed by atoms with Crippen LogP contribution in [0, 0.1) is 0 Å². The molecule has 1 aliphatic heterocycles. The summed E-state index contributed by atoms with van der Waals surface area (Å²) < 4.78 is 13.1. The summed E-state index contributed by atoms with van der Waals surface area (Å²) in [6.45, 7) is 12.0. The maximum atomic E-state index is 12.8. The van der Waals surface area contributed by atoms with E-state index >= 15 is 0 Å². The third-order valence-corrected chi connectivity index (χ3v) is 6.20. The Morgan fingerprint density at radius 2 is 1.81 bits per heavy atom. The molecule has 0 amide bonds. The lowest BCUT2D eigenvalue weighted by atomic mass is 9.87. The summed E-state index contributed by atoms with van der Waals surface area (Å²) in [7, 11) is 0. The van der Waals surface area contributed by atoms with Gasteiger partial charge in [0, 0.05) is 17.7 Å². The van der Waals surface area contributed by atoms with Crippen molar-refractivity contribution in [3.63, 3.8) is 0 Å². The lowest BCUT2D eigenvalue weighted by Gasteiger charge is -2.19. The Balaban J connectivity index is 1.51. The van der Waals surface area contributed by atoms with E-state index in [9.17, 15) is 4.79 Å². The van der Waals surface area contributed by atoms with Gasteiger partial charge in [0.15, 0.2) is 28.3 Å². The van der Waals surface area contributed by atoms with Gasteiger partial charge in [-0.2, -0.15) is 0 Å². The number of nitrogens with zero attached hydrogens (tertiary/aromatic N) is 3. The molecule has 0 bridgehead atoms. The van der Waals surface area contributed by atoms with Crippen molar-refractivity contribution in [1.82, 2.24) is 14.8 Å². The van der Waals surface area contributed by atoms with Crippen LogP contribution in [0.2, 0.25) is 0 Å². The number of carbonyl (C=O) groups excluding carboxylic acids is 1. The van der Waals surface area contributed by atoms with Crippen molar-refractivity contribution in [3.05, 3.63) is 66.2 Å². The Bertz CT molecular complexity index is 1130. The van der Waals surface area contributed by atoms with Gasteiger partial charge in [0.2, 0.25) is 0 Å². The average Bonchev–Trinajstić information content (AvgIpc) is 3.19. The van der Waals surface area contributed by atoms with Gasteiger partial charge >= 0.3 is 0 Å². The number of benzene rings is 2. The predicted octanol–water partition coefficient (Wildman–Crippen LogP) is 5.17. The minimum absolute atomic E-state index is 0.00351. The standard InChI is InChI=1S/C25H27N3O3S/c1-5-12-28-23(17-6-9-19(10-7-17)25(2,3)4)26-27-24(28)32-16-20(29)18-8-11-21-22(15-18)31-14-13-30-21/h5-11,15H,1,12-14,16H2,2-4H3. The number of thioether (sulfide) groups is 1. The van der Waals surface area contributed by atoms with E-state index in [4.69, 9.17) is 9.47 Å². The van der Waals surface area contributed by atoms with E-state index in [2.05, 4.69) is 61.8 Å². The molecular weight excluding hydrogens is 422 g/mol. The summed E-state index contributed by atoms with van der Waals surface area (Å²) in [5, 5.41) is 9.44. The molecule has 0 atom stereocenters. The molecule has 32 heavy (non-hydrogen) atoms. The van der Waals surface area contributed by atoms with Gasteiger partial charge in [0.1, 0.15) is 13.2 Å². The van der Waals surface area contributed by atoms with Gasteiger partial charge in [-0.25, -0.2) is 0 Å². The number of hydrogen-bond acceptors (Lipinski definition) is 6. The number of hydrogen-bond donors (Lipinski definition) is 0. The van der Waals surface area contributed by atoms with Crippen molar-refractivity contribution >= 4 is 17.5 Å². The van der Waals surface area contributed by atoms with E-state index in [0.29, 0.717) is 42.0 Å². The molecule has 2 heterocycles. The Labute approximate surface area is 192 Å². The summed E-state index contributed by atoms with van der Waals surface area (Å²) >= 11 is 1.37. The summed E-state index contributed by atoms with van der Waals surface area (Å²) in [5.41, 5.74) is 2.92. The summed E-state index contributed by atoms with van der Waals surface area (Å²) in [6.07, 6.45) is 1.81. The molecule has 0 radical (unpaired) electrons. The normalized spacial score (nSPS) is 13.1. The SMILES string of the molecule is C=CCn1c(SCC(=O)c2ccc3c(c2)OCCO3)nnc1-c1ccc(C(C)(C)C)cc1. The molecule has 0 spiro atoms. The van der Waals surface area contributed by atoms with Gasteiger partial charge in [0.25, 0.3) is 0 Å². The van der Waals surface area contributed by atoms with Gasteiger partial charge in [-0.05, 0) is 29.2 Å². The third kappa shape index (κ3) is 4.72. The van der Waals surface area contributed by atoms with E-state index in [1.54, 1.807) is 18.2 Å². The van der Waals surface area contributed by atoms with Gasteiger partial charge in [-0.15, -0.1) is 16.8 Å². The predicted molar refractivity (Wildman–Crippen MR) is 127 cm³/mol. The Kier molecular flexibility index (Phi) is 6.37. The molecule has 166 valence electrons. The molecule has 3 aromatic rings. The van der Waals surface area contributed by atoms with Crippen LogP contribution in [-0.4, -0.2) is 39.5 Å². The smallest absolute Gasteiger partial charge is 0.192 e. The number of ether oxygens (including phenoxy) is 2. The van der Waals surface area contributed by atoms with Gasteiger partial charge < -0.3 is 9.47 Å². The third-order valence-electron chi connectivity index (χ3n) is 5.23. The zero-order chi connectivity index (χ0) is 22.7. The van der Waals surface area contributed by atoms with Crippen molar-refractivity contribution < 1.29 is 14.3 Å². The summed E-state index contributed by atoms with van der Waals surface area (Å²) in [6, 6.07) is 13.7. The van der Waals surface area contributed by atoms with E-state index in [1.165, 1.54) is 17.3 Å². The number of aromatic nitrogens is 3. The van der Waals surface area contributed by atoms with E-state index in [0.717, 1.165) is 11.4 Å². The maximum Gasteiger partial charge on any atom is 0.192 e. The van der Waals surface area contributed by atoms with Gasteiger partial charge in [-0.3, -0.25) is 9.36 Å². The first-order valence-electron chi connectivity index (χ1n) is 10.6. The Hall–Kier alpha value is -3.06. The number of Topliss-reactive ketones (excluding diaryl/α,β-unsaturated/α-hetero) is 1. The monoisotopic (exact) mass is 449 g/mol. The highest BCUT2D eigenvalue weighted by Crippen LogP contribution is 2.32. The zero-order valence-electron chi connectivity index (χ0n) is 18.6. The number of ketones is 1. The van der Waals surface area contributed by atoms with Crippen molar-refractivity contribution in [2.75, 3.05) is 19.0 Å². The summed E-state index contributed by atoms with van der Waals surface area (Å²) in [5.74, 6) is 2.30. The fourth-order valence-corrected chi connectivity index (χ4v) is 4.29. The van der Waals surface area contributed by atoms with E-state index in [-0.39, 0.29) is 17.0 Å². The van der Waals surface area contributed by atoms with Crippen molar-refractivity contribution in [3.8, 4) is 22.9 Å². The van der Waals surface area contributed by atoms with Gasteiger partial charge in [0.05, 0.1) is 5.75 Å². The second kappa shape index (κ2) is 9.20. The molecule has 0 saturated heterocycles. The molecule has 1 aromatic heterocycles. The summed E-state index contributed by atoms with van der Waals surface area (Å²) in [4.78, 5) is 12.8. The molecule has 6 nitrogen and oxygen atoms in total. The number of rotatable bonds is 7. The lowest BCUT2D eigenvalue weighted by Crippen LogP contribution is -2.16. The highest BCUT2D eigenvalue weighted by Gasteiger charge is 2.19. The lowest BCUT2D eigenvalue weighted by molar-refractivity contribution is 0.102. The van der Waals surface area contributed by atoms with Crippen LogP contribution in [-0.2, 0) is 12.0 Å². The molecule has 7 heteroatoms. The van der Waals surface area contributed by atoms with Gasteiger partial charge in [-0.1, -0.05) is 62.9 Å². The molecule has 0 unspecified atom stereocenters. The first-order valence-corrected chi connectivity index (χ1v) is 11.6. The molecule has 0 fully saturated rings. The first-order chi connectivity index (χ1) is 15.4. The number of fused-ring (bicyclic) bond motifs is 1. The van der Waals surface area contributed by atoms with Crippen LogP contribution in [0.4, 0.5) is 0 Å². The number of carbonyl (C=O) groups is 1. The van der Waals surface area contributed by atoms with Crippen molar-refractivity contribution in [1.29, 1.82) is 0 Å². The van der Waals surface area contributed by atoms with Crippen molar-refractivity contribution in [2.45, 2.75) is 37.9 Å². The topological polar surface area (TPSA) is 66.2 Å². The van der Waals surface area contributed by atoms with Crippen LogP contribution in [0.3, 0.4) is 0 Å². The largest absolute Gasteiger partial charge is 0.486 e. The second-order valence-corrected chi connectivity index (χ2v) is 9.55. The molecule has 1 aliphatic rings. The van der Waals surface area contributed by atoms with Crippen molar-refractivity contribution in [2.24, 2.45) is 0 Å².